The van der Waals surface area contributed by atoms with Gasteiger partial charge in [0.1, 0.15) is 12.0 Å². The van der Waals surface area contributed by atoms with Crippen molar-refractivity contribution in [2.75, 3.05) is 0 Å². The van der Waals surface area contributed by atoms with E-state index < -0.39 is 0 Å². The van der Waals surface area contributed by atoms with Crippen molar-refractivity contribution in [3.05, 3.63) is 32.8 Å². The normalized spacial score (nSPS) is 11.5. The summed E-state index contributed by atoms with van der Waals surface area (Å²) in [5.74, 6) is -0.0175. The maximum atomic E-state index is 10.4. The lowest BCUT2D eigenvalue weighted by molar-refractivity contribution is -0.104. The molecule has 1 aromatic rings. The van der Waals surface area contributed by atoms with Crippen LogP contribution in [-0.2, 0) is 4.79 Å². The first-order valence-electron chi connectivity index (χ1n) is 3.86. The number of phenols is 1. The Labute approximate surface area is 95.3 Å². The van der Waals surface area contributed by atoms with Crippen molar-refractivity contribution >= 4 is 39.9 Å². The molecule has 0 spiro atoms. The van der Waals surface area contributed by atoms with Crippen LogP contribution < -0.4 is 0 Å². The molecule has 14 heavy (non-hydrogen) atoms. The van der Waals surface area contributed by atoms with Crippen LogP contribution in [0.15, 0.2) is 22.2 Å². The lowest BCUT2D eigenvalue weighted by atomic mass is 10.1. The number of aromatic hydroxyl groups is 1. The molecule has 0 saturated carbocycles. The van der Waals surface area contributed by atoms with Crippen molar-refractivity contribution in [2.24, 2.45) is 0 Å². The number of hydrogen-bond acceptors (Lipinski definition) is 2. The van der Waals surface area contributed by atoms with Crippen LogP contribution in [0.25, 0.3) is 6.08 Å². The minimum absolute atomic E-state index is 0.0175. The third-order valence-corrected chi connectivity index (χ3v) is 2.37. The van der Waals surface area contributed by atoms with E-state index in [0.29, 0.717) is 17.4 Å². The van der Waals surface area contributed by atoms with E-state index in [2.05, 4.69) is 15.9 Å². The fourth-order valence-corrected chi connectivity index (χ4v) is 1.81. The van der Waals surface area contributed by atoms with Crippen molar-refractivity contribution in [3.8, 4) is 5.75 Å². The zero-order chi connectivity index (χ0) is 10.7. The van der Waals surface area contributed by atoms with Crippen molar-refractivity contribution in [2.45, 2.75) is 6.92 Å². The van der Waals surface area contributed by atoms with Crippen LogP contribution in [0.1, 0.15) is 12.5 Å². The molecule has 0 aliphatic rings. The van der Waals surface area contributed by atoms with Crippen LogP contribution in [0.3, 0.4) is 0 Å². The summed E-state index contributed by atoms with van der Waals surface area (Å²) in [5, 5.41) is 9.81. The molecule has 0 radical (unpaired) electrons. The number of aldehydes is 1. The Morgan fingerprint density at radius 1 is 1.57 bits per heavy atom. The van der Waals surface area contributed by atoms with Crippen LogP contribution >= 0.6 is 27.5 Å². The number of halogens is 2. The lowest BCUT2D eigenvalue weighted by Gasteiger charge is -2.03. The zero-order valence-electron chi connectivity index (χ0n) is 7.42. The summed E-state index contributed by atoms with van der Waals surface area (Å²) in [4.78, 5) is 10.4. The largest absolute Gasteiger partial charge is 0.506 e. The number of rotatable bonds is 2. The van der Waals surface area contributed by atoms with Gasteiger partial charge in [-0.25, -0.2) is 0 Å². The maximum absolute atomic E-state index is 10.4. The minimum atomic E-state index is -0.0175. The van der Waals surface area contributed by atoms with Crippen LogP contribution in [0, 0.1) is 0 Å². The van der Waals surface area contributed by atoms with E-state index in [4.69, 9.17) is 11.6 Å². The van der Waals surface area contributed by atoms with E-state index in [1.807, 2.05) is 0 Å². The Balaban J connectivity index is 3.27. The Hall–Kier alpha value is -0.800. The molecule has 2 nitrogen and oxygen atoms in total. The van der Waals surface area contributed by atoms with Gasteiger partial charge in [0.2, 0.25) is 0 Å². The molecular weight excluding hydrogens is 267 g/mol. The molecule has 1 rings (SSSR count). The minimum Gasteiger partial charge on any atom is -0.506 e. The molecule has 1 aromatic carbocycles. The molecule has 0 bridgehead atoms. The topological polar surface area (TPSA) is 37.3 Å². The molecule has 0 saturated heterocycles. The number of allylic oxidation sites excluding steroid dienone is 1. The highest BCUT2D eigenvalue weighted by molar-refractivity contribution is 9.10. The Morgan fingerprint density at radius 2 is 2.21 bits per heavy atom. The highest BCUT2D eigenvalue weighted by Crippen LogP contribution is 2.32. The highest BCUT2D eigenvalue weighted by atomic mass is 79.9. The summed E-state index contributed by atoms with van der Waals surface area (Å²) in [6.45, 7) is 1.65. The van der Waals surface area contributed by atoms with Crippen molar-refractivity contribution in [3.63, 3.8) is 0 Å². The van der Waals surface area contributed by atoms with Crippen LogP contribution in [0.5, 0.6) is 5.75 Å². The monoisotopic (exact) mass is 274 g/mol. The second kappa shape index (κ2) is 4.62. The molecule has 0 aliphatic carbocycles. The summed E-state index contributed by atoms with van der Waals surface area (Å²) in [7, 11) is 0. The van der Waals surface area contributed by atoms with Crippen molar-refractivity contribution in [1.82, 2.24) is 0 Å². The molecule has 0 heterocycles. The van der Waals surface area contributed by atoms with E-state index >= 15 is 0 Å². The van der Waals surface area contributed by atoms with Gasteiger partial charge in [0.25, 0.3) is 0 Å². The molecular formula is C10H8BrClO2. The molecule has 74 valence electrons. The van der Waals surface area contributed by atoms with E-state index in [0.717, 1.165) is 4.47 Å². The molecule has 0 aromatic heterocycles. The second-order valence-electron chi connectivity index (χ2n) is 2.83. The van der Waals surface area contributed by atoms with Crippen LogP contribution in [-0.4, -0.2) is 11.4 Å². The fourth-order valence-electron chi connectivity index (χ4n) is 0.975. The Morgan fingerprint density at radius 3 is 2.79 bits per heavy atom. The molecule has 0 amide bonds. The van der Waals surface area contributed by atoms with Crippen LogP contribution in [0.4, 0.5) is 0 Å². The zero-order valence-corrected chi connectivity index (χ0v) is 9.76. The maximum Gasteiger partial charge on any atom is 0.145 e. The Kier molecular flexibility index (Phi) is 3.72. The van der Waals surface area contributed by atoms with Gasteiger partial charge in [-0.05, 0) is 30.7 Å². The fraction of sp³-hybridized carbons (Fsp3) is 0.100. The summed E-state index contributed by atoms with van der Waals surface area (Å²) in [6, 6.07) is 3.28. The SMILES string of the molecule is C/C(C=O)=C\c1cc(Br)cc(Cl)c1O. The first-order valence-corrected chi connectivity index (χ1v) is 5.03. The molecule has 0 aliphatic heterocycles. The van der Waals surface area contributed by atoms with Gasteiger partial charge in [-0.2, -0.15) is 0 Å². The van der Waals surface area contributed by atoms with Gasteiger partial charge in [-0.1, -0.05) is 27.5 Å². The summed E-state index contributed by atoms with van der Waals surface area (Å²) in [6.07, 6.45) is 2.28. The number of benzene rings is 1. The third kappa shape index (κ3) is 2.59. The average molecular weight is 276 g/mol. The van der Waals surface area contributed by atoms with Gasteiger partial charge in [0, 0.05) is 10.0 Å². The molecule has 1 N–H and O–H groups in total. The van der Waals surface area contributed by atoms with Gasteiger partial charge in [-0.3, -0.25) is 4.79 Å². The van der Waals surface area contributed by atoms with E-state index in [1.54, 1.807) is 25.1 Å². The van der Waals surface area contributed by atoms with Crippen molar-refractivity contribution in [1.29, 1.82) is 0 Å². The summed E-state index contributed by atoms with van der Waals surface area (Å²) < 4.78 is 0.755. The van der Waals surface area contributed by atoms with Gasteiger partial charge >= 0.3 is 0 Å². The van der Waals surface area contributed by atoms with Gasteiger partial charge in [0.05, 0.1) is 5.02 Å². The van der Waals surface area contributed by atoms with Crippen LogP contribution in [0.2, 0.25) is 5.02 Å². The van der Waals surface area contributed by atoms with E-state index in [-0.39, 0.29) is 10.8 Å². The summed E-state index contributed by atoms with van der Waals surface area (Å²) >= 11 is 8.99. The number of hydrogen-bond donors (Lipinski definition) is 1. The molecule has 0 fully saturated rings. The number of carbonyl (C=O) groups excluding carboxylic acids is 1. The van der Waals surface area contributed by atoms with Gasteiger partial charge in [0.15, 0.2) is 0 Å². The van der Waals surface area contributed by atoms with Gasteiger partial charge in [-0.15, -0.1) is 0 Å². The summed E-state index contributed by atoms with van der Waals surface area (Å²) in [5.41, 5.74) is 1.04. The molecule has 0 atom stereocenters. The smallest absolute Gasteiger partial charge is 0.145 e. The van der Waals surface area contributed by atoms with E-state index in [9.17, 15) is 9.90 Å². The molecule has 4 heteroatoms. The van der Waals surface area contributed by atoms with E-state index in [1.165, 1.54) is 0 Å². The Bertz CT molecular complexity index is 399. The van der Waals surface area contributed by atoms with Crippen molar-refractivity contribution < 1.29 is 9.90 Å². The lowest BCUT2D eigenvalue weighted by Crippen LogP contribution is -1.81. The average Bonchev–Trinajstić information content (AvgIpc) is 2.13. The predicted octanol–water partition coefficient (Wildman–Crippen LogP) is 3.41. The second-order valence-corrected chi connectivity index (χ2v) is 4.15. The molecule has 0 unspecified atom stereocenters. The number of phenolic OH excluding ortho intramolecular Hbond substituents is 1. The first-order chi connectivity index (χ1) is 6.54. The number of carbonyl (C=O) groups is 1. The standard InChI is InChI=1S/C10H8BrClO2/c1-6(5-13)2-7-3-8(11)4-9(12)10(7)14/h2-5,14H,1H3/b6-2+. The first kappa shape index (κ1) is 11.3. The quantitative estimate of drug-likeness (QED) is 0.663. The highest BCUT2D eigenvalue weighted by Gasteiger charge is 2.05. The predicted molar refractivity (Wildman–Crippen MR) is 60.5 cm³/mol. The van der Waals surface area contributed by atoms with Gasteiger partial charge < -0.3 is 5.11 Å². The third-order valence-electron chi connectivity index (χ3n) is 1.63.